The second-order valence-electron chi connectivity index (χ2n) is 7.10. The molecule has 0 amide bonds. The fourth-order valence-electron chi connectivity index (χ4n) is 3.70. The quantitative estimate of drug-likeness (QED) is 0.784. The fourth-order valence-corrected chi connectivity index (χ4v) is 3.70. The molecule has 0 atom stereocenters. The Morgan fingerprint density at radius 2 is 1.85 bits per heavy atom. The Morgan fingerprint density at radius 3 is 2.58 bits per heavy atom. The molecule has 4 rings (SSSR count). The lowest BCUT2D eigenvalue weighted by Crippen LogP contribution is -2.46. The molecular weight excluding hydrogens is 324 g/mol. The first-order valence-electron chi connectivity index (χ1n) is 9.31. The van der Waals surface area contributed by atoms with Gasteiger partial charge in [0.05, 0.1) is 5.69 Å². The van der Waals surface area contributed by atoms with Gasteiger partial charge in [-0.15, -0.1) is 6.58 Å². The largest absolute Gasteiger partial charge is 0.354 e. The van der Waals surface area contributed by atoms with Crippen molar-refractivity contribution in [3.8, 4) is 11.4 Å². The van der Waals surface area contributed by atoms with Gasteiger partial charge in [-0.1, -0.05) is 6.08 Å². The number of likely N-dealkylation sites (N-methyl/N-ethyl adjacent to an activating group) is 1. The SMILES string of the molecule is C=CCN1CCc2nc(-c3ccncc3)nc(N3CCN(C)CC3)c2C1. The number of fused-ring (bicyclic) bond motifs is 1. The molecule has 2 aromatic heterocycles. The Kier molecular flexibility index (Phi) is 4.95. The zero-order valence-corrected chi connectivity index (χ0v) is 15.4. The number of pyridine rings is 1. The number of hydrogen-bond acceptors (Lipinski definition) is 6. The molecule has 6 heteroatoms. The van der Waals surface area contributed by atoms with Gasteiger partial charge in [0.25, 0.3) is 0 Å². The van der Waals surface area contributed by atoms with Crippen LogP contribution in [0.5, 0.6) is 0 Å². The number of rotatable bonds is 4. The summed E-state index contributed by atoms with van der Waals surface area (Å²) >= 11 is 0. The highest BCUT2D eigenvalue weighted by atomic mass is 15.3. The van der Waals surface area contributed by atoms with Crippen molar-refractivity contribution >= 4 is 5.82 Å². The third-order valence-electron chi connectivity index (χ3n) is 5.25. The summed E-state index contributed by atoms with van der Waals surface area (Å²) in [5.74, 6) is 1.93. The molecule has 2 aromatic rings. The van der Waals surface area contributed by atoms with Gasteiger partial charge in [-0.25, -0.2) is 9.97 Å². The molecule has 1 saturated heterocycles. The highest BCUT2D eigenvalue weighted by Gasteiger charge is 2.26. The normalized spacial score (nSPS) is 18.6. The van der Waals surface area contributed by atoms with E-state index in [0.29, 0.717) is 0 Å². The van der Waals surface area contributed by atoms with Crippen LogP contribution in [0.1, 0.15) is 11.3 Å². The first kappa shape index (κ1) is 17.1. The van der Waals surface area contributed by atoms with E-state index in [4.69, 9.17) is 9.97 Å². The fraction of sp³-hybridized carbons (Fsp3) is 0.450. The van der Waals surface area contributed by atoms with Gasteiger partial charge in [0.15, 0.2) is 5.82 Å². The highest BCUT2D eigenvalue weighted by molar-refractivity contribution is 5.60. The van der Waals surface area contributed by atoms with Crippen molar-refractivity contribution in [1.29, 1.82) is 0 Å². The Morgan fingerprint density at radius 1 is 1.08 bits per heavy atom. The summed E-state index contributed by atoms with van der Waals surface area (Å²) in [4.78, 5) is 21.3. The summed E-state index contributed by atoms with van der Waals surface area (Å²) in [5, 5.41) is 0. The van der Waals surface area contributed by atoms with E-state index in [1.165, 1.54) is 11.3 Å². The van der Waals surface area contributed by atoms with Crippen LogP contribution < -0.4 is 4.90 Å². The lowest BCUT2D eigenvalue weighted by molar-refractivity contribution is 0.277. The van der Waals surface area contributed by atoms with Gasteiger partial charge in [0, 0.05) is 75.8 Å². The Labute approximate surface area is 155 Å². The van der Waals surface area contributed by atoms with E-state index in [1.807, 2.05) is 18.2 Å². The van der Waals surface area contributed by atoms with Crippen molar-refractivity contribution < 1.29 is 0 Å². The van der Waals surface area contributed by atoms with Crippen LogP contribution in [-0.4, -0.2) is 71.1 Å². The van der Waals surface area contributed by atoms with Crippen molar-refractivity contribution in [1.82, 2.24) is 24.8 Å². The van der Waals surface area contributed by atoms with E-state index in [9.17, 15) is 0 Å². The molecule has 6 nitrogen and oxygen atoms in total. The van der Waals surface area contributed by atoms with Crippen LogP contribution in [0.4, 0.5) is 5.82 Å². The third kappa shape index (κ3) is 3.48. The number of anilines is 1. The maximum Gasteiger partial charge on any atom is 0.161 e. The number of aromatic nitrogens is 3. The predicted molar refractivity (Wildman–Crippen MR) is 104 cm³/mol. The molecule has 0 aromatic carbocycles. The average molecular weight is 350 g/mol. The maximum absolute atomic E-state index is 5.02. The molecule has 0 unspecified atom stereocenters. The zero-order valence-electron chi connectivity index (χ0n) is 15.4. The van der Waals surface area contributed by atoms with E-state index in [2.05, 4.69) is 33.3 Å². The number of piperazine rings is 1. The lowest BCUT2D eigenvalue weighted by atomic mass is 10.0. The molecule has 0 saturated carbocycles. The predicted octanol–water partition coefficient (Wildman–Crippen LogP) is 1.83. The van der Waals surface area contributed by atoms with Crippen LogP contribution >= 0.6 is 0 Å². The van der Waals surface area contributed by atoms with E-state index >= 15 is 0 Å². The number of nitrogens with zero attached hydrogens (tertiary/aromatic N) is 6. The molecule has 1 fully saturated rings. The highest BCUT2D eigenvalue weighted by Crippen LogP contribution is 2.30. The molecule has 0 N–H and O–H groups in total. The molecule has 0 radical (unpaired) electrons. The second kappa shape index (κ2) is 7.51. The van der Waals surface area contributed by atoms with E-state index in [0.717, 1.165) is 69.4 Å². The second-order valence-corrected chi connectivity index (χ2v) is 7.10. The minimum absolute atomic E-state index is 0.817. The Balaban J connectivity index is 1.74. The van der Waals surface area contributed by atoms with Gasteiger partial charge in [0.1, 0.15) is 5.82 Å². The van der Waals surface area contributed by atoms with Crippen LogP contribution in [0.2, 0.25) is 0 Å². The van der Waals surface area contributed by atoms with Crippen LogP contribution in [0.3, 0.4) is 0 Å². The molecule has 4 heterocycles. The summed E-state index contributed by atoms with van der Waals surface area (Å²) < 4.78 is 0. The summed E-state index contributed by atoms with van der Waals surface area (Å²) in [6.07, 6.45) is 6.55. The molecule has 0 bridgehead atoms. The van der Waals surface area contributed by atoms with Crippen molar-refractivity contribution in [2.24, 2.45) is 0 Å². The molecule has 0 spiro atoms. The third-order valence-corrected chi connectivity index (χ3v) is 5.25. The summed E-state index contributed by atoms with van der Waals surface area (Å²) in [6, 6.07) is 3.98. The molecular formula is C20H26N6. The van der Waals surface area contributed by atoms with Gasteiger partial charge in [0.2, 0.25) is 0 Å². The summed E-state index contributed by atoms with van der Waals surface area (Å²) in [5.41, 5.74) is 3.52. The van der Waals surface area contributed by atoms with Crippen molar-refractivity contribution in [3.63, 3.8) is 0 Å². The van der Waals surface area contributed by atoms with Crippen LogP contribution in [-0.2, 0) is 13.0 Å². The molecule has 2 aliphatic rings. The molecule has 2 aliphatic heterocycles. The first-order valence-corrected chi connectivity index (χ1v) is 9.31. The van der Waals surface area contributed by atoms with Crippen molar-refractivity contribution in [3.05, 3.63) is 48.4 Å². The monoisotopic (exact) mass is 350 g/mol. The van der Waals surface area contributed by atoms with Crippen LogP contribution in [0.15, 0.2) is 37.2 Å². The van der Waals surface area contributed by atoms with E-state index in [1.54, 1.807) is 12.4 Å². The van der Waals surface area contributed by atoms with Gasteiger partial charge in [-0.2, -0.15) is 0 Å². The Bertz CT molecular complexity index is 767. The minimum atomic E-state index is 0.817. The van der Waals surface area contributed by atoms with Crippen LogP contribution in [0.25, 0.3) is 11.4 Å². The van der Waals surface area contributed by atoms with Crippen LogP contribution in [0, 0.1) is 0 Å². The zero-order chi connectivity index (χ0) is 17.9. The topological polar surface area (TPSA) is 48.4 Å². The standard InChI is InChI=1S/C20H26N6/c1-3-9-25-10-6-18-17(15-25)20(26-13-11-24(2)12-14-26)23-19(22-18)16-4-7-21-8-5-16/h3-5,7-8H,1,6,9-15H2,2H3. The molecule has 26 heavy (non-hydrogen) atoms. The minimum Gasteiger partial charge on any atom is -0.354 e. The summed E-state index contributed by atoms with van der Waals surface area (Å²) in [6.45, 7) is 10.9. The summed E-state index contributed by atoms with van der Waals surface area (Å²) in [7, 11) is 2.18. The molecule has 0 aliphatic carbocycles. The smallest absolute Gasteiger partial charge is 0.161 e. The lowest BCUT2D eigenvalue weighted by Gasteiger charge is -2.36. The van der Waals surface area contributed by atoms with Crippen molar-refractivity contribution in [2.45, 2.75) is 13.0 Å². The average Bonchev–Trinajstić information content (AvgIpc) is 2.69. The van der Waals surface area contributed by atoms with Gasteiger partial charge >= 0.3 is 0 Å². The van der Waals surface area contributed by atoms with Crippen molar-refractivity contribution in [2.75, 3.05) is 51.2 Å². The molecule has 136 valence electrons. The van der Waals surface area contributed by atoms with E-state index in [-0.39, 0.29) is 0 Å². The van der Waals surface area contributed by atoms with Gasteiger partial charge in [-0.3, -0.25) is 9.88 Å². The van der Waals surface area contributed by atoms with Gasteiger partial charge < -0.3 is 9.80 Å². The first-order chi connectivity index (χ1) is 12.7. The Hall–Kier alpha value is -2.31. The van der Waals surface area contributed by atoms with Gasteiger partial charge in [-0.05, 0) is 19.2 Å². The maximum atomic E-state index is 5.02. The number of hydrogen-bond donors (Lipinski definition) is 0. The van der Waals surface area contributed by atoms with E-state index < -0.39 is 0 Å².